The van der Waals surface area contributed by atoms with Gasteiger partial charge in [0, 0.05) is 11.1 Å². The predicted octanol–water partition coefficient (Wildman–Crippen LogP) is -0.319. The van der Waals surface area contributed by atoms with E-state index in [2.05, 4.69) is 4.98 Å². The number of alkyl halides is 1. The van der Waals surface area contributed by atoms with Crippen LogP contribution in [0, 0.1) is 18.2 Å². The van der Waals surface area contributed by atoms with Gasteiger partial charge in [-0.15, -0.1) is 0 Å². The number of nitrogens with two attached hydrogens (primary N) is 1. The SMILES string of the molecule is Cc1cc(N)nc(=O)n1[C@@H]1OC([C@@H](C)O)C(O)[C@]1(F)C#CCl. The summed E-state index contributed by atoms with van der Waals surface area (Å²) in [5.41, 5.74) is 2.18. The number of aliphatic hydroxyl groups is 2. The summed E-state index contributed by atoms with van der Waals surface area (Å²) in [7, 11) is 0. The summed E-state index contributed by atoms with van der Waals surface area (Å²) in [5.74, 6) is 1.99. The number of hydrogen-bond donors (Lipinski definition) is 3. The van der Waals surface area contributed by atoms with E-state index < -0.39 is 35.9 Å². The van der Waals surface area contributed by atoms with Crippen LogP contribution in [-0.4, -0.2) is 43.7 Å². The Balaban J connectivity index is 2.62. The molecule has 0 saturated carbocycles. The van der Waals surface area contributed by atoms with Gasteiger partial charge in [0.15, 0.2) is 6.23 Å². The second-order valence-electron chi connectivity index (χ2n) is 5.10. The lowest BCUT2D eigenvalue weighted by atomic mass is 9.95. The Bertz CT molecular complexity index is 699. The maximum Gasteiger partial charge on any atom is 0.351 e. The largest absolute Gasteiger partial charge is 0.391 e. The summed E-state index contributed by atoms with van der Waals surface area (Å²) in [4.78, 5) is 15.5. The third-order valence-electron chi connectivity index (χ3n) is 3.50. The van der Waals surface area contributed by atoms with Crippen molar-refractivity contribution in [2.75, 3.05) is 5.73 Å². The lowest BCUT2D eigenvalue weighted by Gasteiger charge is -2.25. The molecule has 7 nitrogen and oxygen atoms in total. The number of nitrogen functional groups attached to an aromatic ring is 1. The van der Waals surface area contributed by atoms with Gasteiger partial charge in [0.2, 0.25) is 5.67 Å². The van der Waals surface area contributed by atoms with Gasteiger partial charge >= 0.3 is 5.69 Å². The highest BCUT2D eigenvalue weighted by molar-refractivity contribution is 6.30. The van der Waals surface area contributed by atoms with Crippen molar-refractivity contribution in [3.8, 4) is 11.3 Å². The Morgan fingerprint density at radius 2 is 2.32 bits per heavy atom. The van der Waals surface area contributed by atoms with E-state index >= 15 is 4.39 Å². The van der Waals surface area contributed by atoms with Crippen molar-refractivity contribution in [1.29, 1.82) is 0 Å². The minimum Gasteiger partial charge on any atom is -0.391 e. The molecule has 1 aliphatic rings. The predicted molar refractivity (Wildman–Crippen MR) is 76.7 cm³/mol. The van der Waals surface area contributed by atoms with E-state index in [1.807, 2.05) is 11.3 Å². The average Bonchev–Trinajstić information content (AvgIpc) is 2.63. The van der Waals surface area contributed by atoms with Gasteiger partial charge in [0.25, 0.3) is 0 Å². The number of aryl methyl sites for hydroxylation is 1. The first-order valence-electron chi connectivity index (χ1n) is 6.41. The molecule has 4 N–H and O–H groups in total. The molecule has 22 heavy (non-hydrogen) atoms. The molecule has 5 atom stereocenters. The summed E-state index contributed by atoms with van der Waals surface area (Å²) < 4.78 is 21.4. The minimum atomic E-state index is -2.68. The zero-order chi connectivity index (χ0) is 16.7. The first-order valence-corrected chi connectivity index (χ1v) is 6.79. The third-order valence-corrected chi connectivity index (χ3v) is 3.60. The van der Waals surface area contributed by atoms with Crippen molar-refractivity contribution in [2.24, 2.45) is 0 Å². The summed E-state index contributed by atoms with van der Waals surface area (Å²) >= 11 is 5.27. The average molecular weight is 332 g/mol. The molecular formula is C13H15ClFN3O4. The van der Waals surface area contributed by atoms with Crippen molar-refractivity contribution in [3.63, 3.8) is 0 Å². The number of aromatic nitrogens is 2. The maximum absolute atomic E-state index is 15.2. The number of anilines is 1. The second kappa shape index (κ2) is 5.85. The Hall–Kier alpha value is -1.66. The maximum atomic E-state index is 15.2. The summed E-state index contributed by atoms with van der Waals surface area (Å²) in [6.07, 6.45) is -5.89. The number of nitrogens with zero attached hydrogens (tertiary/aromatic N) is 2. The van der Waals surface area contributed by atoms with Gasteiger partial charge in [-0.1, -0.05) is 0 Å². The van der Waals surface area contributed by atoms with Gasteiger partial charge < -0.3 is 20.7 Å². The Kier molecular flexibility index (Phi) is 4.44. The van der Waals surface area contributed by atoms with Gasteiger partial charge in [-0.2, -0.15) is 4.98 Å². The van der Waals surface area contributed by atoms with Crippen LogP contribution in [0.25, 0.3) is 0 Å². The topological polar surface area (TPSA) is 111 Å². The number of aliphatic hydroxyl groups excluding tert-OH is 2. The van der Waals surface area contributed by atoms with Gasteiger partial charge in [-0.05, 0) is 37.4 Å². The van der Waals surface area contributed by atoms with Gasteiger partial charge in [-0.3, -0.25) is 4.57 Å². The van der Waals surface area contributed by atoms with Crippen LogP contribution >= 0.6 is 11.6 Å². The molecule has 2 rings (SSSR count). The van der Waals surface area contributed by atoms with E-state index in [-0.39, 0.29) is 11.5 Å². The van der Waals surface area contributed by atoms with Gasteiger partial charge in [0.1, 0.15) is 18.0 Å². The summed E-state index contributed by atoms with van der Waals surface area (Å²) in [6, 6.07) is 1.35. The molecule has 0 radical (unpaired) electrons. The molecule has 1 aromatic heterocycles. The highest BCUT2D eigenvalue weighted by Crippen LogP contribution is 2.42. The smallest absolute Gasteiger partial charge is 0.351 e. The van der Waals surface area contributed by atoms with Crippen molar-refractivity contribution >= 4 is 17.4 Å². The molecule has 2 heterocycles. The molecular weight excluding hydrogens is 317 g/mol. The van der Waals surface area contributed by atoms with Crippen LogP contribution in [0.5, 0.6) is 0 Å². The van der Waals surface area contributed by atoms with Crippen LogP contribution in [0.1, 0.15) is 18.8 Å². The molecule has 9 heteroatoms. The number of ether oxygens (including phenoxy) is 1. The third kappa shape index (κ3) is 2.57. The fraction of sp³-hybridized carbons (Fsp3) is 0.538. The molecule has 0 bridgehead atoms. The van der Waals surface area contributed by atoms with Crippen LogP contribution in [0.15, 0.2) is 10.9 Å². The van der Waals surface area contributed by atoms with Crippen molar-refractivity contribution < 1.29 is 19.3 Å². The molecule has 120 valence electrons. The summed E-state index contributed by atoms with van der Waals surface area (Å²) in [5, 5.41) is 21.6. The molecule has 1 aromatic rings. The molecule has 1 saturated heterocycles. The number of hydrogen-bond acceptors (Lipinski definition) is 6. The molecule has 2 unspecified atom stereocenters. The van der Waals surface area contributed by atoms with Crippen LogP contribution in [-0.2, 0) is 4.74 Å². The highest BCUT2D eigenvalue weighted by atomic mass is 35.5. The van der Waals surface area contributed by atoms with Crippen molar-refractivity contribution in [3.05, 3.63) is 22.2 Å². The van der Waals surface area contributed by atoms with E-state index in [1.165, 1.54) is 19.9 Å². The zero-order valence-electron chi connectivity index (χ0n) is 11.8. The number of rotatable bonds is 2. The van der Waals surface area contributed by atoms with E-state index in [4.69, 9.17) is 22.1 Å². The van der Waals surface area contributed by atoms with E-state index in [0.717, 1.165) is 4.57 Å². The molecule has 1 fully saturated rings. The Morgan fingerprint density at radius 1 is 1.68 bits per heavy atom. The molecule has 1 aliphatic heterocycles. The zero-order valence-corrected chi connectivity index (χ0v) is 12.6. The van der Waals surface area contributed by atoms with Crippen LogP contribution in [0.4, 0.5) is 10.2 Å². The molecule has 0 spiro atoms. The standard InChI is InChI=1S/C13H15ClFN3O4/c1-6-5-8(16)17-12(21)18(6)11-13(15,3-4-14)10(20)9(22-11)7(2)19/h5,7,9-11,19-20H,1-2H3,(H2,16,17,21)/t7-,9?,10?,11-,13-/m1/s1. The molecule has 0 amide bonds. The van der Waals surface area contributed by atoms with Crippen LogP contribution in [0.3, 0.4) is 0 Å². The lowest BCUT2D eigenvalue weighted by Crippen LogP contribution is -2.45. The van der Waals surface area contributed by atoms with Crippen LogP contribution in [0.2, 0.25) is 0 Å². The first-order chi connectivity index (χ1) is 10.2. The normalized spacial score (nSPS) is 32.4. The molecule has 0 aromatic carbocycles. The van der Waals surface area contributed by atoms with E-state index in [0.29, 0.717) is 0 Å². The minimum absolute atomic E-state index is 0.0303. The van der Waals surface area contributed by atoms with Crippen molar-refractivity contribution in [1.82, 2.24) is 9.55 Å². The van der Waals surface area contributed by atoms with Crippen LogP contribution < -0.4 is 11.4 Å². The fourth-order valence-electron chi connectivity index (χ4n) is 2.46. The molecule has 0 aliphatic carbocycles. The van der Waals surface area contributed by atoms with E-state index in [1.54, 1.807) is 0 Å². The quantitative estimate of drug-likeness (QED) is 0.641. The first kappa shape index (κ1) is 16.7. The Morgan fingerprint density at radius 3 is 2.82 bits per heavy atom. The highest BCUT2D eigenvalue weighted by Gasteiger charge is 2.59. The lowest BCUT2D eigenvalue weighted by molar-refractivity contribution is -0.0808. The van der Waals surface area contributed by atoms with Gasteiger partial charge in [-0.25, -0.2) is 9.18 Å². The Labute approximate surface area is 130 Å². The van der Waals surface area contributed by atoms with Gasteiger partial charge in [0.05, 0.1) is 6.10 Å². The number of halogens is 2. The monoisotopic (exact) mass is 331 g/mol. The van der Waals surface area contributed by atoms with E-state index in [9.17, 15) is 15.0 Å². The second-order valence-corrected chi connectivity index (χ2v) is 5.29. The summed E-state index contributed by atoms with van der Waals surface area (Å²) in [6.45, 7) is 2.82. The fourth-order valence-corrected chi connectivity index (χ4v) is 2.60. The van der Waals surface area contributed by atoms with Crippen molar-refractivity contribution in [2.45, 2.75) is 44.1 Å².